The normalized spacial score (nSPS) is 10.7. The van der Waals surface area contributed by atoms with Gasteiger partial charge in [0.05, 0.1) is 0 Å². The number of nitrogen functional groups attached to an aromatic ring is 1. The Morgan fingerprint density at radius 1 is 1.37 bits per heavy atom. The summed E-state index contributed by atoms with van der Waals surface area (Å²) in [5.41, 5.74) is 6.96. The molecule has 0 aromatic heterocycles. The van der Waals surface area contributed by atoms with Crippen LogP contribution >= 0.6 is 15.9 Å². The Hall–Kier alpha value is -1.07. The van der Waals surface area contributed by atoms with Crippen LogP contribution in [0.2, 0.25) is 0 Å². The van der Waals surface area contributed by atoms with E-state index in [1.807, 2.05) is 0 Å². The summed E-state index contributed by atoms with van der Waals surface area (Å²) in [6.45, 7) is 8.10. The molecule has 0 aliphatic carbocycles. The van der Waals surface area contributed by atoms with E-state index in [2.05, 4.69) is 40.0 Å². The lowest BCUT2D eigenvalue weighted by molar-refractivity contribution is 0.0952. The van der Waals surface area contributed by atoms with E-state index < -0.39 is 0 Å². The molecule has 1 aromatic rings. The fourth-order valence-electron chi connectivity index (χ4n) is 1.81. The Balaban J connectivity index is 2.37. The molecule has 106 valence electrons. The monoisotopic (exact) mass is 327 g/mol. The quantitative estimate of drug-likeness (QED) is 0.597. The second kappa shape index (κ2) is 8.17. The molecular formula is C14H22BrN3O. The number of nitrogens with two attached hydrogens (primary N) is 1. The first-order chi connectivity index (χ1) is 9.08. The minimum absolute atomic E-state index is 0.0553. The van der Waals surface area contributed by atoms with Gasteiger partial charge in [0.2, 0.25) is 0 Å². The molecule has 1 amide bonds. The maximum absolute atomic E-state index is 11.9. The lowest BCUT2D eigenvalue weighted by atomic mass is 10.2. The Morgan fingerprint density at radius 2 is 2.05 bits per heavy atom. The topological polar surface area (TPSA) is 58.4 Å². The lowest BCUT2D eigenvalue weighted by Gasteiger charge is -2.17. The van der Waals surface area contributed by atoms with Gasteiger partial charge in [0.25, 0.3) is 5.91 Å². The van der Waals surface area contributed by atoms with Crippen molar-refractivity contribution in [3.05, 3.63) is 28.2 Å². The molecule has 0 atom stereocenters. The Morgan fingerprint density at radius 3 is 2.63 bits per heavy atom. The van der Waals surface area contributed by atoms with Gasteiger partial charge in [-0.15, -0.1) is 0 Å². The summed E-state index contributed by atoms with van der Waals surface area (Å²) in [5.74, 6) is -0.0553. The third kappa shape index (κ3) is 5.20. The highest BCUT2D eigenvalue weighted by atomic mass is 79.9. The number of anilines is 1. The molecule has 0 bridgehead atoms. The zero-order valence-electron chi connectivity index (χ0n) is 11.6. The summed E-state index contributed by atoms with van der Waals surface area (Å²) in [6, 6.07) is 5.21. The van der Waals surface area contributed by atoms with Crippen molar-refractivity contribution in [2.24, 2.45) is 0 Å². The summed E-state index contributed by atoms with van der Waals surface area (Å²) < 4.78 is 0.753. The van der Waals surface area contributed by atoms with Crippen LogP contribution in [-0.4, -0.2) is 37.0 Å². The van der Waals surface area contributed by atoms with E-state index in [9.17, 15) is 4.79 Å². The predicted octanol–water partition coefficient (Wildman–Crippen LogP) is 2.49. The van der Waals surface area contributed by atoms with Crippen molar-refractivity contribution >= 4 is 27.5 Å². The number of carbonyl (C=O) groups is 1. The summed E-state index contributed by atoms with van der Waals surface area (Å²) in [5, 5.41) is 2.92. The highest BCUT2D eigenvalue weighted by molar-refractivity contribution is 9.10. The van der Waals surface area contributed by atoms with Gasteiger partial charge < -0.3 is 16.0 Å². The van der Waals surface area contributed by atoms with E-state index in [1.165, 1.54) is 0 Å². The molecule has 0 spiro atoms. The number of benzene rings is 1. The maximum atomic E-state index is 11.9. The molecule has 19 heavy (non-hydrogen) atoms. The molecule has 1 aromatic carbocycles. The summed E-state index contributed by atoms with van der Waals surface area (Å²) in [4.78, 5) is 14.2. The average Bonchev–Trinajstić information content (AvgIpc) is 2.42. The molecule has 1 rings (SSSR count). The molecule has 0 radical (unpaired) electrons. The minimum Gasteiger partial charge on any atom is -0.398 e. The van der Waals surface area contributed by atoms with Crippen LogP contribution in [0.1, 0.15) is 30.6 Å². The Labute approximate surface area is 123 Å². The Kier molecular flexibility index (Phi) is 6.87. The van der Waals surface area contributed by atoms with E-state index in [4.69, 9.17) is 5.73 Å². The van der Waals surface area contributed by atoms with Gasteiger partial charge in [0.15, 0.2) is 0 Å². The van der Waals surface area contributed by atoms with E-state index >= 15 is 0 Å². The highest BCUT2D eigenvalue weighted by Gasteiger charge is 2.07. The molecule has 0 fully saturated rings. The number of rotatable bonds is 7. The summed E-state index contributed by atoms with van der Waals surface area (Å²) in [6.07, 6.45) is 0.962. The fourth-order valence-corrected chi connectivity index (χ4v) is 2.19. The number of nitrogens with one attached hydrogen (secondary N) is 1. The number of halogens is 1. The molecular weight excluding hydrogens is 306 g/mol. The van der Waals surface area contributed by atoms with E-state index in [1.54, 1.807) is 18.2 Å². The van der Waals surface area contributed by atoms with Crippen molar-refractivity contribution in [2.75, 3.05) is 31.9 Å². The summed E-state index contributed by atoms with van der Waals surface area (Å²) >= 11 is 3.32. The van der Waals surface area contributed by atoms with Crippen molar-refractivity contribution in [1.29, 1.82) is 0 Å². The Bertz CT molecular complexity index is 419. The average molecular weight is 328 g/mol. The number of amides is 1. The predicted molar refractivity (Wildman–Crippen MR) is 83.3 cm³/mol. The standard InChI is InChI=1S/C14H22BrN3O/c1-3-18(4-2)9-5-8-17-14(19)11-6-7-13(16)12(15)10-11/h6-7,10H,3-5,8-9,16H2,1-2H3,(H,17,19). The molecule has 4 nitrogen and oxygen atoms in total. The van der Waals surface area contributed by atoms with Crippen LogP contribution in [0.15, 0.2) is 22.7 Å². The van der Waals surface area contributed by atoms with Gasteiger partial charge in [0.1, 0.15) is 0 Å². The number of hydrogen-bond acceptors (Lipinski definition) is 3. The zero-order valence-corrected chi connectivity index (χ0v) is 13.2. The SMILES string of the molecule is CCN(CC)CCCNC(=O)c1ccc(N)c(Br)c1. The molecule has 0 saturated carbocycles. The zero-order chi connectivity index (χ0) is 14.3. The first kappa shape index (κ1) is 16.0. The number of carbonyl (C=O) groups excluding carboxylic acids is 1. The largest absolute Gasteiger partial charge is 0.398 e. The highest BCUT2D eigenvalue weighted by Crippen LogP contribution is 2.20. The van der Waals surface area contributed by atoms with Crippen molar-refractivity contribution in [2.45, 2.75) is 20.3 Å². The van der Waals surface area contributed by atoms with Gasteiger partial charge in [-0.2, -0.15) is 0 Å². The molecule has 0 aliphatic rings. The third-order valence-electron chi connectivity index (χ3n) is 3.09. The van der Waals surface area contributed by atoms with Crippen molar-refractivity contribution < 1.29 is 4.79 Å². The van der Waals surface area contributed by atoms with Gasteiger partial charge in [-0.1, -0.05) is 13.8 Å². The van der Waals surface area contributed by atoms with Crippen LogP contribution in [0.5, 0.6) is 0 Å². The molecule has 0 aliphatic heterocycles. The second-order valence-corrected chi connectivity index (χ2v) is 5.23. The summed E-state index contributed by atoms with van der Waals surface area (Å²) in [7, 11) is 0. The van der Waals surface area contributed by atoms with Gasteiger partial charge in [-0.3, -0.25) is 4.79 Å². The van der Waals surface area contributed by atoms with Crippen molar-refractivity contribution in [1.82, 2.24) is 10.2 Å². The first-order valence-electron chi connectivity index (χ1n) is 6.64. The van der Waals surface area contributed by atoms with Gasteiger partial charge >= 0.3 is 0 Å². The first-order valence-corrected chi connectivity index (χ1v) is 7.43. The van der Waals surface area contributed by atoms with Gasteiger partial charge in [-0.25, -0.2) is 0 Å². The molecule has 0 unspecified atom stereocenters. The van der Waals surface area contributed by atoms with Crippen LogP contribution in [0, 0.1) is 0 Å². The molecule has 3 N–H and O–H groups in total. The number of nitrogens with zero attached hydrogens (tertiary/aromatic N) is 1. The minimum atomic E-state index is -0.0553. The number of hydrogen-bond donors (Lipinski definition) is 2. The molecule has 0 heterocycles. The third-order valence-corrected chi connectivity index (χ3v) is 3.78. The maximum Gasteiger partial charge on any atom is 0.251 e. The second-order valence-electron chi connectivity index (χ2n) is 4.37. The van der Waals surface area contributed by atoms with Gasteiger partial charge in [0, 0.05) is 22.3 Å². The smallest absolute Gasteiger partial charge is 0.251 e. The van der Waals surface area contributed by atoms with Crippen LogP contribution in [0.25, 0.3) is 0 Å². The molecule has 5 heteroatoms. The van der Waals surface area contributed by atoms with Crippen molar-refractivity contribution in [3.63, 3.8) is 0 Å². The van der Waals surface area contributed by atoms with Crippen LogP contribution in [0.4, 0.5) is 5.69 Å². The van der Waals surface area contributed by atoms with E-state index in [0.717, 1.165) is 30.5 Å². The van der Waals surface area contributed by atoms with Crippen LogP contribution < -0.4 is 11.1 Å². The van der Waals surface area contributed by atoms with E-state index in [0.29, 0.717) is 17.8 Å². The molecule has 0 saturated heterocycles. The van der Waals surface area contributed by atoms with Crippen molar-refractivity contribution in [3.8, 4) is 0 Å². The van der Waals surface area contributed by atoms with Crippen LogP contribution in [-0.2, 0) is 0 Å². The lowest BCUT2D eigenvalue weighted by Crippen LogP contribution is -2.29. The van der Waals surface area contributed by atoms with Gasteiger partial charge in [-0.05, 0) is 60.2 Å². The fraction of sp³-hybridized carbons (Fsp3) is 0.500. The van der Waals surface area contributed by atoms with Crippen LogP contribution in [0.3, 0.4) is 0 Å². The van der Waals surface area contributed by atoms with E-state index in [-0.39, 0.29) is 5.91 Å².